The van der Waals surface area contributed by atoms with Gasteiger partial charge in [0.1, 0.15) is 5.71 Å². The van der Waals surface area contributed by atoms with Gasteiger partial charge in [-0.2, -0.15) is 0 Å². The summed E-state index contributed by atoms with van der Waals surface area (Å²) in [6.45, 7) is 0. The summed E-state index contributed by atoms with van der Waals surface area (Å²) in [5, 5.41) is 11.2. The SMILES string of the molecule is O=C1C(=NO)C[C@H]2C[C@@H]12. The first-order valence-electron chi connectivity index (χ1n) is 3.08. The number of carbonyl (C=O) groups is 1. The second-order valence-corrected chi connectivity index (χ2v) is 2.72. The third-order valence-corrected chi connectivity index (χ3v) is 2.12. The lowest BCUT2D eigenvalue weighted by Crippen LogP contribution is -2.09. The minimum Gasteiger partial charge on any atom is -0.411 e. The van der Waals surface area contributed by atoms with Crippen molar-refractivity contribution in [2.24, 2.45) is 17.0 Å². The highest BCUT2D eigenvalue weighted by Crippen LogP contribution is 2.47. The Bertz CT molecular complexity index is 197. The van der Waals surface area contributed by atoms with Crippen molar-refractivity contribution in [2.45, 2.75) is 12.8 Å². The summed E-state index contributed by atoms with van der Waals surface area (Å²) < 4.78 is 0. The molecule has 0 heterocycles. The Morgan fingerprint density at radius 1 is 1.67 bits per heavy atom. The molecule has 0 aromatic carbocycles. The largest absolute Gasteiger partial charge is 0.411 e. The fourth-order valence-corrected chi connectivity index (χ4v) is 1.45. The molecule has 0 amide bonds. The molecule has 2 aliphatic carbocycles. The number of hydrogen-bond acceptors (Lipinski definition) is 3. The van der Waals surface area contributed by atoms with Gasteiger partial charge in [-0.3, -0.25) is 4.79 Å². The fraction of sp³-hybridized carbons (Fsp3) is 0.667. The van der Waals surface area contributed by atoms with Gasteiger partial charge in [-0.05, 0) is 12.3 Å². The lowest BCUT2D eigenvalue weighted by molar-refractivity contribution is -0.113. The Hall–Kier alpha value is -0.860. The van der Waals surface area contributed by atoms with Crippen LogP contribution in [0.3, 0.4) is 0 Å². The zero-order valence-electron chi connectivity index (χ0n) is 4.87. The van der Waals surface area contributed by atoms with Crippen molar-refractivity contribution in [1.29, 1.82) is 0 Å². The lowest BCUT2D eigenvalue weighted by atomic mass is 10.2. The van der Waals surface area contributed by atoms with Gasteiger partial charge in [-0.1, -0.05) is 5.16 Å². The van der Waals surface area contributed by atoms with Gasteiger partial charge in [-0.15, -0.1) is 0 Å². The second-order valence-electron chi connectivity index (χ2n) is 2.72. The molecule has 0 radical (unpaired) electrons. The van der Waals surface area contributed by atoms with Crippen LogP contribution in [0, 0.1) is 11.8 Å². The van der Waals surface area contributed by atoms with E-state index in [9.17, 15) is 4.79 Å². The molecule has 2 saturated carbocycles. The average Bonchev–Trinajstić information content (AvgIpc) is 2.55. The summed E-state index contributed by atoms with van der Waals surface area (Å²) in [5.41, 5.74) is 0.385. The van der Waals surface area contributed by atoms with Crippen LogP contribution in [-0.4, -0.2) is 16.7 Å². The quantitative estimate of drug-likeness (QED) is 0.377. The summed E-state index contributed by atoms with van der Waals surface area (Å²) in [4.78, 5) is 10.9. The minimum atomic E-state index is 0.0718. The van der Waals surface area contributed by atoms with Gasteiger partial charge in [0.25, 0.3) is 0 Å². The number of nitrogens with zero attached hydrogens (tertiary/aromatic N) is 1. The molecule has 3 heteroatoms. The Morgan fingerprint density at radius 2 is 2.44 bits per heavy atom. The van der Waals surface area contributed by atoms with Crippen LogP contribution in [0.5, 0.6) is 0 Å². The molecular formula is C6H7NO2. The molecule has 48 valence electrons. The Morgan fingerprint density at radius 3 is 2.78 bits per heavy atom. The molecule has 0 aromatic heterocycles. The average molecular weight is 125 g/mol. The maximum absolute atomic E-state index is 10.9. The predicted molar refractivity (Wildman–Crippen MR) is 30.4 cm³/mol. The highest BCUT2D eigenvalue weighted by atomic mass is 16.4. The predicted octanol–water partition coefficient (Wildman–Crippen LogP) is 0.425. The van der Waals surface area contributed by atoms with E-state index in [1.807, 2.05) is 0 Å². The second kappa shape index (κ2) is 1.35. The van der Waals surface area contributed by atoms with Crippen LogP contribution in [-0.2, 0) is 4.79 Å². The van der Waals surface area contributed by atoms with Crippen LogP contribution in [0.25, 0.3) is 0 Å². The van der Waals surface area contributed by atoms with E-state index in [0.717, 1.165) is 6.42 Å². The van der Waals surface area contributed by atoms with E-state index in [2.05, 4.69) is 5.16 Å². The van der Waals surface area contributed by atoms with Crippen LogP contribution in [0.2, 0.25) is 0 Å². The van der Waals surface area contributed by atoms with Crippen molar-refractivity contribution >= 4 is 11.5 Å². The third kappa shape index (κ3) is 0.515. The third-order valence-electron chi connectivity index (χ3n) is 2.12. The minimum absolute atomic E-state index is 0.0718. The molecule has 2 fully saturated rings. The number of Topliss-reactive ketones (excluding diaryl/α,β-unsaturated/α-hetero) is 1. The Labute approximate surface area is 52.4 Å². The highest BCUT2D eigenvalue weighted by Gasteiger charge is 2.51. The van der Waals surface area contributed by atoms with Gasteiger partial charge in [0.2, 0.25) is 0 Å². The van der Waals surface area contributed by atoms with Gasteiger partial charge < -0.3 is 5.21 Å². The summed E-state index contributed by atoms with van der Waals surface area (Å²) >= 11 is 0. The zero-order chi connectivity index (χ0) is 6.43. The van der Waals surface area contributed by atoms with E-state index in [4.69, 9.17) is 5.21 Å². The summed E-state index contributed by atoms with van der Waals surface area (Å²) in [7, 11) is 0. The molecule has 0 saturated heterocycles. The Balaban J connectivity index is 2.26. The van der Waals surface area contributed by atoms with Crippen LogP contribution in [0.4, 0.5) is 0 Å². The molecule has 1 N–H and O–H groups in total. The van der Waals surface area contributed by atoms with Gasteiger partial charge >= 0.3 is 0 Å². The van der Waals surface area contributed by atoms with E-state index in [1.54, 1.807) is 0 Å². The first-order valence-corrected chi connectivity index (χ1v) is 3.08. The number of carbonyl (C=O) groups excluding carboxylic acids is 1. The number of ketones is 1. The van der Waals surface area contributed by atoms with Crippen LogP contribution < -0.4 is 0 Å². The van der Waals surface area contributed by atoms with Crippen molar-refractivity contribution in [3.63, 3.8) is 0 Å². The van der Waals surface area contributed by atoms with Gasteiger partial charge in [0.05, 0.1) is 0 Å². The maximum Gasteiger partial charge on any atom is 0.183 e. The molecule has 3 nitrogen and oxygen atoms in total. The number of fused-ring (bicyclic) bond motifs is 1. The van der Waals surface area contributed by atoms with E-state index in [-0.39, 0.29) is 11.7 Å². The van der Waals surface area contributed by atoms with Gasteiger partial charge in [-0.25, -0.2) is 0 Å². The lowest BCUT2D eigenvalue weighted by Gasteiger charge is -1.89. The molecule has 0 unspecified atom stereocenters. The van der Waals surface area contributed by atoms with E-state index in [0.29, 0.717) is 18.1 Å². The normalized spacial score (nSPS) is 43.6. The van der Waals surface area contributed by atoms with Crippen LogP contribution in [0.15, 0.2) is 5.16 Å². The molecule has 9 heavy (non-hydrogen) atoms. The smallest absolute Gasteiger partial charge is 0.183 e. The molecule has 0 bridgehead atoms. The monoisotopic (exact) mass is 125 g/mol. The molecule has 2 rings (SSSR count). The topological polar surface area (TPSA) is 49.7 Å². The summed E-state index contributed by atoms with van der Waals surface area (Å²) in [6, 6.07) is 0. The molecule has 0 aliphatic heterocycles. The Kier molecular flexibility index (Phi) is 0.743. The molecule has 0 aromatic rings. The molecular weight excluding hydrogens is 118 g/mol. The summed E-state index contributed by atoms with van der Waals surface area (Å²) in [6.07, 6.45) is 1.73. The molecule has 0 spiro atoms. The zero-order valence-corrected chi connectivity index (χ0v) is 4.87. The first kappa shape index (κ1) is 4.97. The van der Waals surface area contributed by atoms with Crippen LogP contribution >= 0.6 is 0 Å². The summed E-state index contributed by atoms with van der Waals surface area (Å²) in [5.74, 6) is 0.835. The number of oxime groups is 1. The van der Waals surface area contributed by atoms with Crippen molar-refractivity contribution in [3.8, 4) is 0 Å². The van der Waals surface area contributed by atoms with Crippen molar-refractivity contribution < 1.29 is 10.0 Å². The molecule has 2 aliphatic rings. The van der Waals surface area contributed by atoms with Crippen molar-refractivity contribution in [1.82, 2.24) is 0 Å². The van der Waals surface area contributed by atoms with Gasteiger partial charge in [0.15, 0.2) is 5.78 Å². The highest BCUT2D eigenvalue weighted by molar-refractivity contribution is 6.43. The van der Waals surface area contributed by atoms with E-state index < -0.39 is 0 Å². The van der Waals surface area contributed by atoms with E-state index in [1.165, 1.54) is 0 Å². The number of rotatable bonds is 0. The van der Waals surface area contributed by atoms with Crippen molar-refractivity contribution in [2.75, 3.05) is 0 Å². The van der Waals surface area contributed by atoms with Crippen molar-refractivity contribution in [3.05, 3.63) is 0 Å². The molecule has 2 atom stereocenters. The van der Waals surface area contributed by atoms with Gasteiger partial charge in [0, 0.05) is 12.3 Å². The fourth-order valence-electron chi connectivity index (χ4n) is 1.45. The van der Waals surface area contributed by atoms with Crippen LogP contribution in [0.1, 0.15) is 12.8 Å². The maximum atomic E-state index is 10.9. The first-order chi connectivity index (χ1) is 4.33. The standard InChI is InChI=1S/C6H7NO2/c8-6-4-1-3(4)2-5(6)7-9/h3-4,9H,1-2H2/t3-,4-/m1/s1. The van der Waals surface area contributed by atoms with E-state index >= 15 is 0 Å². The number of hydrogen-bond donors (Lipinski definition) is 1.